The van der Waals surface area contributed by atoms with Crippen molar-refractivity contribution in [3.05, 3.63) is 29.8 Å². The maximum Gasteiger partial charge on any atom is 0.236 e. The van der Waals surface area contributed by atoms with Crippen molar-refractivity contribution in [2.24, 2.45) is 0 Å². The fourth-order valence-corrected chi connectivity index (χ4v) is 2.14. The van der Waals surface area contributed by atoms with Gasteiger partial charge in [-0.2, -0.15) is 0 Å². The van der Waals surface area contributed by atoms with Gasteiger partial charge in [0.05, 0.1) is 6.54 Å². The average Bonchev–Trinajstić information content (AvgIpc) is 2.38. The molecular formula is C15H24N2OS. The maximum atomic E-state index is 12.0. The maximum absolute atomic E-state index is 12.0. The fraction of sp³-hybridized carbons (Fsp3) is 0.533. The van der Waals surface area contributed by atoms with E-state index in [1.165, 1.54) is 10.5 Å². The highest BCUT2D eigenvalue weighted by Gasteiger charge is 2.14. The zero-order chi connectivity index (χ0) is 14.4. The quantitative estimate of drug-likeness (QED) is 0.749. The molecule has 0 heterocycles. The summed E-state index contributed by atoms with van der Waals surface area (Å²) >= 11 is 1.74. The Hall–Kier alpha value is -1.00. The fourth-order valence-electron chi connectivity index (χ4n) is 1.73. The van der Waals surface area contributed by atoms with Crippen molar-refractivity contribution >= 4 is 17.7 Å². The van der Waals surface area contributed by atoms with Crippen molar-refractivity contribution in [1.29, 1.82) is 0 Å². The van der Waals surface area contributed by atoms with Crippen LogP contribution in [-0.2, 0) is 11.3 Å². The molecule has 0 radical (unpaired) electrons. The number of hydrogen-bond donors (Lipinski definition) is 0. The molecule has 19 heavy (non-hydrogen) atoms. The molecule has 0 aliphatic carbocycles. The van der Waals surface area contributed by atoms with E-state index in [1.54, 1.807) is 16.7 Å². The lowest BCUT2D eigenvalue weighted by molar-refractivity contribution is -0.132. The number of carbonyl (C=O) groups excluding carboxylic acids is 1. The second kappa shape index (κ2) is 7.56. The van der Waals surface area contributed by atoms with Gasteiger partial charge in [-0.05, 0) is 44.8 Å². The zero-order valence-corrected chi connectivity index (χ0v) is 13.3. The Kier molecular flexibility index (Phi) is 6.38. The van der Waals surface area contributed by atoms with Crippen LogP contribution in [0.5, 0.6) is 0 Å². The minimum absolute atomic E-state index is 0.165. The van der Waals surface area contributed by atoms with Crippen LogP contribution in [0.25, 0.3) is 0 Å². The number of amides is 1. The SMILES string of the molecule is CSc1ccc(CN(C)CC(=O)N(C)C(C)C)cc1. The van der Waals surface area contributed by atoms with E-state index in [2.05, 4.69) is 35.4 Å². The van der Waals surface area contributed by atoms with Crippen LogP contribution < -0.4 is 0 Å². The van der Waals surface area contributed by atoms with Crippen LogP contribution in [0.2, 0.25) is 0 Å². The summed E-state index contributed by atoms with van der Waals surface area (Å²) in [4.78, 5) is 17.1. The first-order valence-corrected chi connectivity index (χ1v) is 7.73. The smallest absolute Gasteiger partial charge is 0.236 e. The summed E-state index contributed by atoms with van der Waals surface area (Å²) in [5, 5.41) is 0. The molecule has 106 valence electrons. The molecule has 1 aromatic carbocycles. The first-order valence-electron chi connectivity index (χ1n) is 6.51. The number of carbonyl (C=O) groups is 1. The summed E-state index contributed by atoms with van der Waals surface area (Å²) < 4.78 is 0. The molecule has 0 saturated carbocycles. The van der Waals surface area contributed by atoms with Gasteiger partial charge in [0, 0.05) is 24.5 Å². The molecule has 1 aromatic rings. The lowest BCUT2D eigenvalue weighted by Gasteiger charge is -2.24. The summed E-state index contributed by atoms with van der Waals surface area (Å²) in [6, 6.07) is 8.74. The van der Waals surface area contributed by atoms with Gasteiger partial charge in [-0.15, -0.1) is 11.8 Å². The number of nitrogens with zero attached hydrogens (tertiary/aromatic N) is 2. The monoisotopic (exact) mass is 280 g/mol. The molecule has 0 fully saturated rings. The molecule has 1 amide bonds. The van der Waals surface area contributed by atoms with Gasteiger partial charge in [-0.1, -0.05) is 12.1 Å². The predicted octanol–water partition coefficient (Wildman–Crippen LogP) is 2.71. The van der Waals surface area contributed by atoms with Crippen LogP contribution >= 0.6 is 11.8 Å². The summed E-state index contributed by atoms with van der Waals surface area (Å²) in [6.07, 6.45) is 2.07. The molecule has 0 saturated heterocycles. The Balaban J connectivity index is 2.50. The molecule has 0 aliphatic rings. The molecular weight excluding hydrogens is 256 g/mol. The first kappa shape index (κ1) is 16.1. The number of hydrogen-bond acceptors (Lipinski definition) is 3. The molecule has 0 atom stereocenters. The van der Waals surface area contributed by atoms with Crippen molar-refractivity contribution in [3.63, 3.8) is 0 Å². The van der Waals surface area contributed by atoms with E-state index in [9.17, 15) is 4.79 Å². The van der Waals surface area contributed by atoms with E-state index in [0.717, 1.165) is 6.54 Å². The van der Waals surface area contributed by atoms with Crippen molar-refractivity contribution < 1.29 is 4.79 Å². The minimum atomic E-state index is 0.165. The second-order valence-corrected chi connectivity index (χ2v) is 6.00. The Bertz CT molecular complexity index is 403. The second-order valence-electron chi connectivity index (χ2n) is 5.12. The zero-order valence-electron chi connectivity index (χ0n) is 12.5. The molecule has 0 aliphatic heterocycles. The van der Waals surface area contributed by atoms with Gasteiger partial charge in [0.1, 0.15) is 0 Å². The van der Waals surface area contributed by atoms with Crippen molar-refractivity contribution in [2.75, 3.05) is 26.9 Å². The van der Waals surface area contributed by atoms with E-state index >= 15 is 0 Å². The summed E-state index contributed by atoms with van der Waals surface area (Å²) in [5.74, 6) is 0.165. The third kappa shape index (κ3) is 5.25. The Labute approximate surface area is 121 Å². The van der Waals surface area contributed by atoms with E-state index in [4.69, 9.17) is 0 Å². The standard InChI is InChI=1S/C15H24N2OS/c1-12(2)17(4)15(18)11-16(3)10-13-6-8-14(19-5)9-7-13/h6-9,12H,10-11H2,1-5H3. The van der Waals surface area contributed by atoms with Crippen molar-refractivity contribution in [1.82, 2.24) is 9.80 Å². The molecule has 0 N–H and O–H groups in total. The van der Waals surface area contributed by atoms with E-state index in [-0.39, 0.29) is 11.9 Å². The molecule has 0 aromatic heterocycles. The third-order valence-corrected chi connectivity index (χ3v) is 3.93. The summed E-state index contributed by atoms with van der Waals surface area (Å²) in [6.45, 7) is 5.31. The van der Waals surface area contributed by atoms with Crippen molar-refractivity contribution in [3.8, 4) is 0 Å². The Morgan fingerprint density at radius 3 is 2.26 bits per heavy atom. The van der Waals surface area contributed by atoms with Crippen LogP contribution in [-0.4, -0.2) is 48.6 Å². The van der Waals surface area contributed by atoms with Crippen LogP contribution in [0.4, 0.5) is 0 Å². The Morgan fingerprint density at radius 1 is 1.21 bits per heavy atom. The molecule has 3 nitrogen and oxygen atoms in total. The van der Waals surface area contributed by atoms with E-state index < -0.39 is 0 Å². The third-order valence-electron chi connectivity index (χ3n) is 3.18. The minimum Gasteiger partial charge on any atom is -0.342 e. The highest BCUT2D eigenvalue weighted by molar-refractivity contribution is 7.98. The normalized spacial score (nSPS) is 11.1. The number of likely N-dealkylation sites (N-methyl/N-ethyl adjacent to an activating group) is 2. The average molecular weight is 280 g/mol. The van der Waals surface area contributed by atoms with Crippen molar-refractivity contribution in [2.45, 2.75) is 31.3 Å². The van der Waals surface area contributed by atoms with E-state index in [0.29, 0.717) is 6.54 Å². The Morgan fingerprint density at radius 2 is 1.79 bits per heavy atom. The molecule has 0 bridgehead atoms. The molecule has 0 spiro atoms. The summed E-state index contributed by atoms with van der Waals surface area (Å²) in [7, 11) is 3.84. The first-order chi connectivity index (χ1) is 8.93. The number of thioether (sulfide) groups is 1. The largest absolute Gasteiger partial charge is 0.342 e. The number of benzene rings is 1. The molecule has 0 unspecified atom stereocenters. The molecule has 4 heteroatoms. The lowest BCUT2D eigenvalue weighted by Crippen LogP contribution is -2.39. The van der Waals surface area contributed by atoms with Gasteiger partial charge >= 0.3 is 0 Å². The van der Waals surface area contributed by atoms with Gasteiger partial charge in [0.15, 0.2) is 0 Å². The lowest BCUT2D eigenvalue weighted by atomic mass is 10.2. The van der Waals surface area contributed by atoms with Crippen LogP contribution in [0, 0.1) is 0 Å². The highest BCUT2D eigenvalue weighted by Crippen LogP contribution is 2.15. The van der Waals surface area contributed by atoms with Gasteiger partial charge < -0.3 is 4.90 Å². The van der Waals surface area contributed by atoms with Gasteiger partial charge in [0.2, 0.25) is 5.91 Å². The predicted molar refractivity (Wildman–Crippen MR) is 82.5 cm³/mol. The van der Waals surface area contributed by atoms with Gasteiger partial charge in [0.25, 0.3) is 0 Å². The van der Waals surface area contributed by atoms with Crippen LogP contribution in [0.1, 0.15) is 19.4 Å². The van der Waals surface area contributed by atoms with E-state index in [1.807, 2.05) is 27.9 Å². The molecule has 1 rings (SSSR count). The number of rotatable bonds is 6. The highest BCUT2D eigenvalue weighted by atomic mass is 32.2. The van der Waals surface area contributed by atoms with Gasteiger partial charge in [-0.3, -0.25) is 9.69 Å². The summed E-state index contributed by atoms with van der Waals surface area (Å²) in [5.41, 5.74) is 1.24. The van der Waals surface area contributed by atoms with Gasteiger partial charge in [-0.25, -0.2) is 0 Å². The van der Waals surface area contributed by atoms with Crippen LogP contribution in [0.3, 0.4) is 0 Å². The van der Waals surface area contributed by atoms with Crippen LogP contribution in [0.15, 0.2) is 29.2 Å². The topological polar surface area (TPSA) is 23.6 Å².